The van der Waals surface area contributed by atoms with E-state index >= 15 is 0 Å². The quantitative estimate of drug-likeness (QED) is 0.577. The standard InChI is InChI=1S/C9H10N2O3/c1-14-9(13)5-3-2-4-6(10)7(5)8(11)12/h2-4H,10H2,1H3,(H2,11,12)/p+2. The largest absolute Gasteiger partial charge is 0.465 e. The third kappa shape index (κ3) is 1.78. The average molecular weight is 196 g/mol. The van der Waals surface area contributed by atoms with Crippen molar-refractivity contribution in [3.63, 3.8) is 0 Å². The van der Waals surface area contributed by atoms with E-state index in [-0.39, 0.29) is 11.1 Å². The topological polar surface area (TPSA) is 98.7 Å². The second kappa shape index (κ2) is 3.99. The van der Waals surface area contributed by atoms with Gasteiger partial charge in [0, 0.05) is 0 Å². The van der Waals surface area contributed by atoms with E-state index in [1.54, 1.807) is 12.1 Å². The SMILES string of the molecule is COC(=O)c1cccc([NH3+])c1C([NH3+])=O. The van der Waals surface area contributed by atoms with Crippen molar-refractivity contribution in [3.05, 3.63) is 29.3 Å². The molecule has 0 heterocycles. The number of carbonyl (C=O) groups is 2. The summed E-state index contributed by atoms with van der Waals surface area (Å²) in [4.78, 5) is 22.4. The van der Waals surface area contributed by atoms with Crippen molar-refractivity contribution in [1.82, 2.24) is 0 Å². The second-order valence-electron chi connectivity index (χ2n) is 2.75. The van der Waals surface area contributed by atoms with Crippen LogP contribution in [0.3, 0.4) is 0 Å². The van der Waals surface area contributed by atoms with Gasteiger partial charge in [0.15, 0.2) is 5.56 Å². The zero-order valence-corrected chi connectivity index (χ0v) is 7.87. The molecule has 0 saturated carbocycles. The number of amides is 1. The Bertz CT molecular complexity index is 388. The summed E-state index contributed by atoms with van der Waals surface area (Å²) in [7, 11) is 1.26. The Hall–Kier alpha value is -1.72. The molecule has 0 aromatic heterocycles. The van der Waals surface area contributed by atoms with Crippen molar-refractivity contribution in [2.24, 2.45) is 0 Å². The Morgan fingerprint density at radius 3 is 2.50 bits per heavy atom. The maximum Gasteiger partial charge on any atom is 0.347 e. The molecule has 0 saturated heterocycles. The summed E-state index contributed by atoms with van der Waals surface area (Å²) >= 11 is 0. The number of rotatable bonds is 2. The van der Waals surface area contributed by atoms with E-state index < -0.39 is 11.9 Å². The summed E-state index contributed by atoms with van der Waals surface area (Å²) in [5, 5.41) is 0. The summed E-state index contributed by atoms with van der Waals surface area (Å²) in [5.74, 6) is -0.987. The number of hydrogen-bond donors (Lipinski definition) is 2. The van der Waals surface area contributed by atoms with Crippen LogP contribution < -0.4 is 11.5 Å². The Balaban J connectivity index is 3.35. The molecule has 5 nitrogen and oxygen atoms in total. The molecule has 0 aliphatic carbocycles. The fourth-order valence-corrected chi connectivity index (χ4v) is 1.21. The zero-order chi connectivity index (χ0) is 10.7. The summed E-state index contributed by atoms with van der Waals surface area (Å²) in [5.41, 5.74) is 7.82. The van der Waals surface area contributed by atoms with Crippen LogP contribution in [0.1, 0.15) is 20.7 Å². The monoisotopic (exact) mass is 196 g/mol. The highest BCUT2D eigenvalue weighted by Crippen LogP contribution is 2.15. The Morgan fingerprint density at radius 1 is 1.36 bits per heavy atom. The molecule has 0 aliphatic rings. The number of esters is 1. The highest BCUT2D eigenvalue weighted by atomic mass is 16.5. The first-order chi connectivity index (χ1) is 6.57. The van der Waals surface area contributed by atoms with Crippen LogP contribution in [-0.2, 0) is 4.74 Å². The summed E-state index contributed by atoms with van der Waals surface area (Å²) in [6.45, 7) is 0. The van der Waals surface area contributed by atoms with Gasteiger partial charge in [-0.15, -0.1) is 0 Å². The normalized spacial score (nSPS) is 9.64. The van der Waals surface area contributed by atoms with Gasteiger partial charge in [-0.1, -0.05) is 6.07 Å². The molecule has 14 heavy (non-hydrogen) atoms. The fraction of sp³-hybridized carbons (Fsp3) is 0.111. The highest BCUT2D eigenvalue weighted by Gasteiger charge is 2.22. The molecule has 1 rings (SSSR count). The highest BCUT2D eigenvalue weighted by molar-refractivity contribution is 6.04. The van der Waals surface area contributed by atoms with Gasteiger partial charge in [-0.2, -0.15) is 0 Å². The van der Waals surface area contributed by atoms with E-state index in [1.807, 2.05) is 0 Å². The van der Waals surface area contributed by atoms with E-state index in [4.69, 9.17) is 0 Å². The minimum atomic E-state index is -0.553. The van der Waals surface area contributed by atoms with Crippen molar-refractivity contribution in [3.8, 4) is 0 Å². The van der Waals surface area contributed by atoms with E-state index in [0.717, 1.165) is 0 Å². The van der Waals surface area contributed by atoms with Crippen LogP contribution in [0.2, 0.25) is 0 Å². The number of ether oxygens (including phenoxy) is 1. The molecular weight excluding hydrogens is 184 g/mol. The van der Waals surface area contributed by atoms with E-state index in [1.165, 1.54) is 13.2 Å². The smallest absolute Gasteiger partial charge is 0.347 e. The lowest BCUT2D eigenvalue weighted by Crippen LogP contribution is -2.59. The average Bonchev–Trinajstić information content (AvgIpc) is 2.15. The van der Waals surface area contributed by atoms with Crippen LogP contribution >= 0.6 is 0 Å². The van der Waals surface area contributed by atoms with Gasteiger partial charge in [0.25, 0.3) is 0 Å². The molecular formula is C9H12N2O3+2. The molecule has 1 aromatic rings. The first kappa shape index (κ1) is 10.4. The van der Waals surface area contributed by atoms with Crippen LogP contribution in [0.5, 0.6) is 0 Å². The maximum atomic E-state index is 11.3. The van der Waals surface area contributed by atoms with Crippen molar-refractivity contribution in [2.45, 2.75) is 0 Å². The van der Waals surface area contributed by atoms with Crippen LogP contribution in [-0.4, -0.2) is 19.0 Å². The lowest BCUT2D eigenvalue weighted by Gasteiger charge is -2.02. The molecule has 0 atom stereocenters. The zero-order valence-electron chi connectivity index (χ0n) is 7.87. The molecule has 74 valence electrons. The summed E-state index contributed by atoms with van der Waals surface area (Å²) in [6, 6.07) is 4.80. The first-order valence-electron chi connectivity index (χ1n) is 3.97. The molecule has 0 unspecified atom stereocenters. The van der Waals surface area contributed by atoms with E-state index in [0.29, 0.717) is 5.69 Å². The number of quaternary nitrogens is 2. The van der Waals surface area contributed by atoms with E-state index in [9.17, 15) is 9.59 Å². The van der Waals surface area contributed by atoms with Crippen molar-refractivity contribution in [1.29, 1.82) is 0 Å². The van der Waals surface area contributed by atoms with Gasteiger partial charge in [0.05, 0.1) is 12.7 Å². The lowest BCUT2D eigenvalue weighted by molar-refractivity contribution is -0.267. The maximum absolute atomic E-state index is 11.3. The van der Waals surface area contributed by atoms with Crippen LogP contribution in [0.25, 0.3) is 0 Å². The van der Waals surface area contributed by atoms with Gasteiger partial charge in [-0.3, -0.25) is 5.73 Å². The van der Waals surface area contributed by atoms with Gasteiger partial charge in [-0.25, -0.2) is 9.59 Å². The molecule has 0 bridgehead atoms. The second-order valence-corrected chi connectivity index (χ2v) is 2.75. The first-order valence-corrected chi connectivity index (χ1v) is 3.97. The molecule has 5 heteroatoms. The predicted octanol–water partition coefficient (Wildman–Crippen LogP) is -1.27. The number of methoxy groups -OCH3 is 1. The van der Waals surface area contributed by atoms with Gasteiger partial charge < -0.3 is 10.5 Å². The minimum absolute atomic E-state index is 0.208. The van der Waals surface area contributed by atoms with Crippen LogP contribution in [0, 0.1) is 0 Å². The molecule has 1 aromatic carbocycles. The summed E-state index contributed by atoms with van der Waals surface area (Å²) in [6.07, 6.45) is 0. The van der Waals surface area contributed by atoms with Gasteiger partial charge >= 0.3 is 11.9 Å². The Kier molecular flexibility index (Phi) is 2.95. The molecule has 0 fully saturated rings. The molecule has 0 spiro atoms. The van der Waals surface area contributed by atoms with Gasteiger partial charge in [0.1, 0.15) is 5.69 Å². The Labute approximate surface area is 80.6 Å². The summed E-state index contributed by atoms with van der Waals surface area (Å²) < 4.78 is 4.54. The predicted molar refractivity (Wildman–Crippen MR) is 47.5 cm³/mol. The third-order valence-electron chi connectivity index (χ3n) is 1.83. The lowest BCUT2D eigenvalue weighted by atomic mass is 10.1. The Morgan fingerprint density at radius 2 is 2.00 bits per heavy atom. The number of hydrogen-bond acceptors (Lipinski definition) is 3. The number of benzene rings is 1. The van der Waals surface area contributed by atoms with E-state index in [2.05, 4.69) is 16.2 Å². The van der Waals surface area contributed by atoms with Gasteiger partial charge in [-0.05, 0) is 12.1 Å². The van der Waals surface area contributed by atoms with Crippen LogP contribution in [0.15, 0.2) is 18.2 Å². The van der Waals surface area contributed by atoms with Crippen molar-refractivity contribution >= 4 is 17.6 Å². The number of carbonyl (C=O) groups excluding carboxylic acids is 2. The third-order valence-corrected chi connectivity index (χ3v) is 1.83. The molecule has 0 aliphatic heterocycles. The molecule has 6 N–H and O–H groups in total. The van der Waals surface area contributed by atoms with Crippen molar-refractivity contribution < 1.29 is 25.8 Å². The van der Waals surface area contributed by atoms with Gasteiger partial charge in [0.2, 0.25) is 0 Å². The molecule has 0 radical (unpaired) electrons. The fourth-order valence-electron chi connectivity index (χ4n) is 1.21. The van der Waals surface area contributed by atoms with Crippen molar-refractivity contribution in [2.75, 3.05) is 7.11 Å². The minimum Gasteiger partial charge on any atom is -0.465 e. The molecule has 1 amide bonds. The van der Waals surface area contributed by atoms with Crippen LogP contribution in [0.4, 0.5) is 5.69 Å².